The molecule has 0 radical (unpaired) electrons. The SMILES string of the molecule is C#CO.CC1C=CC2CCCCCC2C1CC[C@@H]1CC(O)CCO1.CCC(C)(C)C(=O)O. The standard InChI is InChI=1S/C19H32O2.C6H12O2.C2H2O/c1-14-7-8-15-5-3-2-4-6-19(15)18(14)10-9-17-13-16(20)11-12-21-17;1-4-6(2,3)5(7)8;1-2-3/h7-8,14-20H,2-6,9-13H2,1H3;4H2,1-3H3,(H,7,8);1,3H/t14?,15?,16?,17-,18?,19?;;/m1../s1. The van der Waals surface area contributed by atoms with Gasteiger partial charge in [0.2, 0.25) is 0 Å². The molecule has 0 aromatic heterocycles. The van der Waals surface area contributed by atoms with Crippen molar-refractivity contribution in [2.45, 2.75) is 104 Å². The molecule has 32 heavy (non-hydrogen) atoms. The molecule has 3 rings (SSSR count). The highest BCUT2D eigenvalue weighted by Crippen LogP contribution is 2.44. The van der Waals surface area contributed by atoms with Crippen molar-refractivity contribution in [1.82, 2.24) is 0 Å². The summed E-state index contributed by atoms with van der Waals surface area (Å²) in [6, 6.07) is 0. The van der Waals surface area contributed by atoms with Crippen molar-refractivity contribution in [3.05, 3.63) is 12.2 Å². The molecule has 184 valence electrons. The summed E-state index contributed by atoms with van der Waals surface area (Å²) in [6.45, 7) is 8.45. The molecule has 1 saturated carbocycles. The van der Waals surface area contributed by atoms with Gasteiger partial charge >= 0.3 is 5.97 Å². The number of aliphatic carboxylic acids is 1. The van der Waals surface area contributed by atoms with Crippen LogP contribution in [-0.2, 0) is 9.53 Å². The molecule has 2 aliphatic carbocycles. The zero-order valence-electron chi connectivity index (χ0n) is 20.6. The van der Waals surface area contributed by atoms with Crippen LogP contribution in [0.1, 0.15) is 91.9 Å². The van der Waals surface area contributed by atoms with Crippen LogP contribution in [0.5, 0.6) is 0 Å². The monoisotopic (exact) mass is 450 g/mol. The molecule has 1 aliphatic heterocycles. The number of aliphatic hydroxyl groups is 2. The summed E-state index contributed by atoms with van der Waals surface area (Å²) in [5.74, 6) is 2.58. The molecule has 0 aromatic carbocycles. The number of hydrogen-bond acceptors (Lipinski definition) is 4. The minimum Gasteiger partial charge on any atom is -0.481 e. The molecule has 0 amide bonds. The molecular formula is C27H46O5. The lowest BCUT2D eigenvalue weighted by Gasteiger charge is -2.39. The number of aliphatic hydroxyl groups excluding tert-OH is 2. The first kappa shape index (κ1) is 28.5. The minimum absolute atomic E-state index is 0.127. The number of fused-ring (bicyclic) bond motifs is 1. The van der Waals surface area contributed by atoms with Crippen molar-refractivity contribution in [3.63, 3.8) is 0 Å². The number of hydrogen-bond donors (Lipinski definition) is 3. The molecule has 2 fully saturated rings. The number of carboxylic acids is 1. The van der Waals surface area contributed by atoms with E-state index in [1.54, 1.807) is 13.8 Å². The largest absolute Gasteiger partial charge is 0.481 e. The Hall–Kier alpha value is -1.51. The number of carboxylic acid groups (broad SMARTS) is 1. The van der Waals surface area contributed by atoms with E-state index in [-0.39, 0.29) is 6.10 Å². The second kappa shape index (κ2) is 14.6. The summed E-state index contributed by atoms with van der Waals surface area (Å²) < 4.78 is 5.86. The normalized spacial score (nSPS) is 32.0. The van der Waals surface area contributed by atoms with Crippen LogP contribution in [-0.4, -0.2) is 40.1 Å². The van der Waals surface area contributed by atoms with Crippen LogP contribution in [0, 0.1) is 41.6 Å². The van der Waals surface area contributed by atoms with E-state index in [0.29, 0.717) is 12.5 Å². The van der Waals surface area contributed by atoms with Gasteiger partial charge in [0.15, 0.2) is 0 Å². The minimum atomic E-state index is -0.722. The molecule has 1 heterocycles. The molecule has 3 aliphatic rings. The molecule has 0 spiro atoms. The Labute approximate surface area is 195 Å². The van der Waals surface area contributed by atoms with Crippen LogP contribution >= 0.6 is 0 Å². The third-order valence-electron chi connectivity index (χ3n) is 7.64. The van der Waals surface area contributed by atoms with E-state index in [9.17, 15) is 9.90 Å². The van der Waals surface area contributed by atoms with E-state index in [2.05, 4.69) is 25.5 Å². The van der Waals surface area contributed by atoms with Crippen LogP contribution in [0.2, 0.25) is 0 Å². The predicted octanol–water partition coefficient (Wildman–Crippen LogP) is 5.78. The van der Waals surface area contributed by atoms with Gasteiger partial charge in [-0.15, -0.1) is 0 Å². The quantitative estimate of drug-likeness (QED) is 0.365. The van der Waals surface area contributed by atoms with Gasteiger partial charge in [0.1, 0.15) is 6.11 Å². The molecule has 3 N–H and O–H groups in total. The van der Waals surface area contributed by atoms with Gasteiger partial charge in [-0.1, -0.05) is 51.7 Å². The molecule has 1 saturated heterocycles. The molecule has 5 unspecified atom stereocenters. The van der Waals surface area contributed by atoms with Gasteiger partial charge in [-0.3, -0.25) is 4.79 Å². The van der Waals surface area contributed by atoms with Crippen LogP contribution in [0.25, 0.3) is 0 Å². The molecule has 0 aromatic rings. The Bertz CT molecular complexity index is 606. The Kier molecular flexibility index (Phi) is 13.0. The maximum Gasteiger partial charge on any atom is 0.309 e. The summed E-state index contributed by atoms with van der Waals surface area (Å²) in [6.07, 6.45) is 22.5. The second-order valence-corrected chi connectivity index (χ2v) is 10.3. The Morgan fingerprint density at radius 3 is 2.38 bits per heavy atom. The van der Waals surface area contributed by atoms with Crippen LogP contribution in [0.15, 0.2) is 12.2 Å². The average molecular weight is 451 g/mol. The van der Waals surface area contributed by atoms with Gasteiger partial charge in [0, 0.05) is 6.61 Å². The maximum absolute atomic E-state index is 10.3. The van der Waals surface area contributed by atoms with Crippen molar-refractivity contribution in [1.29, 1.82) is 0 Å². The van der Waals surface area contributed by atoms with Gasteiger partial charge in [-0.25, -0.2) is 0 Å². The van der Waals surface area contributed by atoms with Crippen molar-refractivity contribution >= 4 is 5.97 Å². The zero-order valence-corrected chi connectivity index (χ0v) is 20.6. The highest BCUT2D eigenvalue weighted by molar-refractivity contribution is 5.73. The highest BCUT2D eigenvalue weighted by Gasteiger charge is 2.35. The van der Waals surface area contributed by atoms with E-state index in [4.69, 9.17) is 14.9 Å². The molecular weight excluding hydrogens is 404 g/mol. The third-order valence-corrected chi connectivity index (χ3v) is 7.64. The first-order chi connectivity index (χ1) is 15.2. The summed E-state index contributed by atoms with van der Waals surface area (Å²) in [7, 11) is 0. The third kappa shape index (κ3) is 9.55. The Balaban J connectivity index is 0.000000392. The van der Waals surface area contributed by atoms with Crippen LogP contribution in [0.3, 0.4) is 0 Å². The maximum atomic E-state index is 10.3. The van der Waals surface area contributed by atoms with Gasteiger partial charge < -0.3 is 20.1 Å². The van der Waals surface area contributed by atoms with Gasteiger partial charge in [-0.2, -0.15) is 0 Å². The van der Waals surface area contributed by atoms with Crippen molar-refractivity contribution in [2.24, 2.45) is 29.1 Å². The first-order valence-corrected chi connectivity index (χ1v) is 12.5. The van der Waals surface area contributed by atoms with E-state index < -0.39 is 11.4 Å². The fourth-order valence-corrected chi connectivity index (χ4v) is 5.05. The Morgan fingerprint density at radius 2 is 1.81 bits per heavy atom. The van der Waals surface area contributed by atoms with Crippen LogP contribution < -0.4 is 0 Å². The van der Waals surface area contributed by atoms with E-state index in [1.165, 1.54) is 44.6 Å². The topological polar surface area (TPSA) is 87.0 Å². The van der Waals surface area contributed by atoms with Gasteiger partial charge in [0.05, 0.1) is 17.6 Å². The lowest BCUT2D eigenvalue weighted by Crippen LogP contribution is -2.33. The van der Waals surface area contributed by atoms with E-state index in [0.717, 1.165) is 49.5 Å². The summed E-state index contributed by atoms with van der Waals surface area (Å²) in [5.41, 5.74) is -0.542. The van der Waals surface area contributed by atoms with Gasteiger partial charge in [0.25, 0.3) is 0 Å². The zero-order chi connectivity index (χ0) is 24.1. The summed E-state index contributed by atoms with van der Waals surface area (Å²) >= 11 is 0. The average Bonchev–Trinajstić information content (AvgIpc) is 3.00. The Morgan fingerprint density at radius 1 is 1.16 bits per heavy atom. The lowest BCUT2D eigenvalue weighted by atomic mass is 9.67. The lowest BCUT2D eigenvalue weighted by molar-refractivity contribution is -0.147. The van der Waals surface area contributed by atoms with E-state index >= 15 is 0 Å². The number of rotatable bonds is 5. The fraction of sp³-hybridized carbons (Fsp3) is 0.815. The first-order valence-electron chi connectivity index (χ1n) is 12.5. The number of carbonyl (C=O) groups is 1. The van der Waals surface area contributed by atoms with Crippen LogP contribution in [0.4, 0.5) is 0 Å². The highest BCUT2D eigenvalue weighted by atomic mass is 16.5. The number of allylic oxidation sites excluding steroid dienone is 2. The molecule has 0 bridgehead atoms. The van der Waals surface area contributed by atoms with Gasteiger partial charge in [-0.05, 0) is 82.5 Å². The fourth-order valence-electron chi connectivity index (χ4n) is 5.05. The molecule has 5 heteroatoms. The van der Waals surface area contributed by atoms with Crippen molar-refractivity contribution in [3.8, 4) is 12.5 Å². The van der Waals surface area contributed by atoms with Crippen molar-refractivity contribution < 1.29 is 24.9 Å². The number of ether oxygens (including phenoxy) is 1. The number of terminal acetylenes is 1. The summed E-state index contributed by atoms with van der Waals surface area (Å²) in [5, 5.41) is 25.3. The summed E-state index contributed by atoms with van der Waals surface area (Å²) in [4.78, 5) is 10.3. The second-order valence-electron chi connectivity index (χ2n) is 10.3. The smallest absolute Gasteiger partial charge is 0.309 e. The van der Waals surface area contributed by atoms with E-state index in [1.807, 2.05) is 6.92 Å². The predicted molar refractivity (Wildman–Crippen MR) is 129 cm³/mol. The van der Waals surface area contributed by atoms with Crippen molar-refractivity contribution in [2.75, 3.05) is 6.61 Å². The molecule has 6 atom stereocenters. The molecule has 5 nitrogen and oxygen atoms in total.